The van der Waals surface area contributed by atoms with Crippen molar-refractivity contribution < 1.29 is 14.5 Å². The van der Waals surface area contributed by atoms with Crippen LogP contribution in [0.15, 0.2) is 23.8 Å². The number of primary amides is 1. The first kappa shape index (κ1) is 13.2. The third kappa shape index (κ3) is 2.82. The fraction of sp³-hybridized carbons (Fsp3) is 0.0909. The lowest BCUT2D eigenvalue weighted by molar-refractivity contribution is -0.385. The Balaban J connectivity index is 3.41. The zero-order valence-corrected chi connectivity index (χ0v) is 9.41. The minimum atomic E-state index is -0.949. The number of nitrogens with two attached hydrogens (primary N) is 1. The molecule has 0 unspecified atom stereocenters. The van der Waals surface area contributed by atoms with Crippen LogP contribution in [0.5, 0.6) is 5.75 Å². The summed E-state index contributed by atoms with van der Waals surface area (Å²) in [7, 11) is 1.40. The summed E-state index contributed by atoms with van der Waals surface area (Å²) in [5.74, 6) is -0.580. The highest BCUT2D eigenvalue weighted by Crippen LogP contribution is 2.26. The van der Waals surface area contributed by atoms with E-state index in [9.17, 15) is 14.9 Å². The molecule has 0 fully saturated rings. The number of hydrogen-bond acceptors (Lipinski definition) is 5. The van der Waals surface area contributed by atoms with Crippen molar-refractivity contribution in [3.63, 3.8) is 0 Å². The minimum absolute atomic E-state index is 0.0784. The molecule has 0 spiro atoms. The smallest absolute Gasteiger partial charge is 0.276 e. The van der Waals surface area contributed by atoms with Gasteiger partial charge in [0.25, 0.3) is 11.6 Å². The van der Waals surface area contributed by atoms with Crippen molar-refractivity contribution in [3.05, 3.63) is 39.4 Å². The van der Waals surface area contributed by atoms with Gasteiger partial charge in [0.05, 0.1) is 17.6 Å². The molecule has 0 heterocycles. The quantitative estimate of drug-likeness (QED) is 0.368. The summed E-state index contributed by atoms with van der Waals surface area (Å²) < 4.78 is 4.91. The van der Waals surface area contributed by atoms with Crippen LogP contribution in [0.4, 0.5) is 5.69 Å². The Morgan fingerprint density at radius 3 is 2.72 bits per heavy atom. The van der Waals surface area contributed by atoms with Gasteiger partial charge in [-0.1, -0.05) is 0 Å². The van der Waals surface area contributed by atoms with Crippen molar-refractivity contribution in [3.8, 4) is 11.8 Å². The second kappa shape index (κ2) is 5.45. The second-order valence-corrected chi connectivity index (χ2v) is 3.22. The number of nitrogens with zero attached hydrogens (tertiary/aromatic N) is 2. The van der Waals surface area contributed by atoms with Gasteiger partial charge in [-0.15, -0.1) is 0 Å². The summed E-state index contributed by atoms with van der Waals surface area (Å²) in [6.45, 7) is 0. The molecule has 7 nitrogen and oxygen atoms in total. The van der Waals surface area contributed by atoms with Crippen LogP contribution >= 0.6 is 0 Å². The standard InChI is InChI=1S/C11H9N3O4/c1-18-9-2-3-10(14(16)17)7(5-9)4-8(6-12)11(13)15/h2-5H,1H3,(H2,13,15)/b8-4-. The number of nitro benzene ring substituents is 1. The molecule has 0 aliphatic heterocycles. The number of carbonyl (C=O) groups is 1. The number of ether oxygens (including phenoxy) is 1. The van der Waals surface area contributed by atoms with Gasteiger partial charge in [-0.2, -0.15) is 5.26 Å². The second-order valence-electron chi connectivity index (χ2n) is 3.22. The maximum atomic E-state index is 10.9. The first-order chi connectivity index (χ1) is 8.49. The Labute approximate surface area is 102 Å². The molecule has 2 N–H and O–H groups in total. The molecule has 0 atom stereocenters. The average molecular weight is 247 g/mol. The van der Waals surface area contributed by atoms with E-state index in [-0.39, 0.29) is 16.8 Å². The third-order valence-corrected chi connectivity index (χ3v) is 2.12. The van der Waals surface area contributed by atoms with E-state index in [0.717, 1.165) is 6.08 Å². The summed E-state index contributed by atoms with van der Waals surface area (Å²) in [4.78, 5) is 21.1. The van der Waals surface area contributed by atoms with Crippen LogP contribution in [0.3, 0.4) is 0 Å². The number of carbonyl (C=O) groups excluding carboxylic acids is 1. The van der Waals surface area contributed by atoms with Gasteiger partial charge in [-0.25, -0.2) is 0 Å². The SMILES string of the molecule is COc1ccc([N+](=O)[O-])c(/C=C(/C#N)C(N)=O)c1. The lowest BCUT2D eigenvalue weighted by Crippen LogP contribution is -2.12. The van der Waals surface area contributed by atoms with Gasteiger partial charge in [0, 0.05) is 6.07 Å². The molecule has 0 saturated carbocycles. The van der Waals surface area contributed by atoms with E-state index in [1.165, 1.54) is 25.3 Å². The number of hydrogen-bond donors (Lipinski definition) is 1. The molecule has 0 saturated heterocycles. The fourth-order valence-electron chi connectivity index (χ4n) is 1.26. The number of nitriles is 1. The monoisotopic (exact) mass is 247 g/mol. The molecule has 92 valence electrons. The lowest BCUT2D eigenvalue weighted by atomic mass is 10.1. The van der Waals surface area contributed by atoms with E-state index in [2.05, 4.69) is 0 Å². The van der Waals surface area contributed by atoms with Crippen molar-refractivity contribution in [2.24, 2.45) is 5.73 Å². The molecule has 1 aromatic rings. The Hall–Kier alpha value is -2.88. The zero-order valence-electron chi connectivity index (χ0n) is 9.41. The van der Waals surface area contributed by atoms with E-state index in [0.29, 0.717) is 5.75 Å². The first-order valence-corrected chi connectivity index (χ1v) is 4.73. The van der Waals surface area contributed by atoms with E-state index in [1.54, 1.807) is 6.07 Å². The largest absolute Gasteiger partial charge is 0.497 e. The Morgan fingerprint density at radius 2 is 2.28 bits per heavy atom. The molecule has 1 aromatic carbocycles. The summed E-state index contributed by atoms with van der Waals surface area (Å²) in [6.07, 6.45) is 1.06. The molecule has 0 aliphatic rings. The highest BCUT2D eigenvalue weighted by molar-refractivity contribution is 6.01. The molecule has 1 rings (SSSR count). The molecule has 7 heteroatoms. The van der Waals surface area contributed by atoms with Crippen LogP contribution in [0.2, 0.25) is 0 Å². The van der Waals surface area contributed by atoms with Crippen molar-refractivity contribution in [2.45, 2.75) is 0 Å². The van der Waals surface area contributed by atoms with Gasteiger partial charge in [0.1, 0.15) is 17.4 Å². The van der Waals surface area contributed by atoms with Crippen LogP contribution in [-0.4, -0.2) is 17.9 Å². The number of benzene rings is 1. The lowest BCUT2D eigenvalue weighted by Gasteiger charge is -2.02. The maximum Gasteiger partial charge on any atom is 0.276 e. The Morgan fingerprint density at radius 1 is 1.61 bits per heavy atom. The molecular formula is C11H9N3O4. The van der Waals surface area contributed by atoms with Gasteiger partial charge >= 0.3 is 0 Å². The zero-order chi connectivity index (χ0) is 13.7. The van der Waals surface area contributed by atoms with E-state index < -0.39 is 10.8 Å². The number of amides is 1. The predicted octanol–water partition coefficient (Wildman–Crippen LogP) is 0.996. The number of methoxy groups -OCH3 is 1. The van der Waals surface area contributed by atoms with Gasteiger partial charge in [0.2, 0.25) is 0 Å². The first-order valence-electron chi connectivity index (χ1n) is 4.73. The van der Waals surface area contributed by atoms with E-state index in [4.69, 9.17) is 15.7 Å². The van der Waals surface area contributed by atoms with Crippen molar-refractivity contribution in [1.82, 2.24) is 0 Å². The normalized spacial score (nSPS) is 10.6. The van der Waals surface area contributed by atoms with Crippen LogP contribution in [0, 0.1) is 21.4 Å². The van der Waals surface area contributed by atoms with Crippen LogP contribution in [0.25, 0.3) is 6.08 Å². The minimum Gasteiger partial charge on any atom is -0.497 e. The van der Waals surface area contributed by atoms with Gasteiger partial charge < -0.3 is 10.5 Å². The topological polar surface area (TPSA) is 119 Å². The van der Waals surface area contributed by atoms with Crippen molar-refractivity contribution in [1.29, 1.82) is 5.26 Å². The van der Waals surface area contributed by atoms with Gasteiger partial charge in [0.15, 0.2) is 0 Å². The Kier molecular flexibility index (Phi) is 3.99. The van der Waals surface area contributed by atoms with E-state index >= 15 is 0 Å². The van der Waals surface area contributed by atoms with Crippen LogP contribution < -0.4 is 10.5 Å². The summed E-state index contributed by atoms with van der Waals surface area (Å²) in [5.41, 5.74) is 4.42. The predicted molar refractivity (Wildman–Crippen MR) is 62.4 cm³/mol. The van der Waals surface area contributed by atoms with Gasteiger partial charge in [-0.3, -0.25) is 14.9 Å². The molecular weight excluding hydrogens is 238 g/mol. The molecule has 0 bridgehead atoms. The Bertz CT molecular complexity index is 572. The van der Waals surface area contributed by atoms with Crippen LogP contribution in [-0.2, 0) is 4.79 Å². The average Bonchev–Trinajstić information content (AvgIpc) is 2.34. The summed E-state index contributed by atoms with van der Waals surface area (Å²) in [6, 6.07) is 5.55. The summed E-state index contributed by atoms with van der Waals surface area (Å²) >= 11 is 0. The molecule has 18 heavy (non-hydrogen) atoms. The third-order valence-electron chi connectivity index (χ3n) is 2.12. The number of rotatable bonds is 4. The molecule has 0 radical (unpaired) electrons. The highest BCUT2D eigenvalue weighted by Gasteiger charge is 2.15. The molecule has 1 amide bonds. The van der Waals surface area contributed by atoms with E-state index in [1.807, 2.05) is 0 Å². The maximum absolute atomic E-state index is 10.9. The molecule has 0 aliphatic carbocycles. The van der Waals surface area contributed by atoms with Crippen molar-refractivity contribution >= 4 is 17.7 Å². The van der Waals surface area contributed by atoms with Gasteiger partial charge in [-0.05, 0) is 18.2 Å². The highest BCUT2D eigenvalue weighted by atomic mass is 16.6. The summed E-state index contributed by atoms with van der Waals surface area (Å²) in [5, 5.41) is 19.5. The van der Waals surface area contributed by atoms with Crippen LogP contribution in [0.1, 0.15) is 5.56 Å². The van der Waals surface area contributed by atoms with Crippen molar-refractivity contribution in [2.75, 3.05) is 7.11 Å². The fourth-order valence-corrected chi connectivity index (χ4v) is 1.26. The number of nitro groups is 1. The molecule has 0 aromatic heterocycles.